The number of aliphatic hydroxyl groups is 3. The molecule has 12 heavy (non-hydrogen) atoms. The van der Waals surface area contributed by atoms with Gasteiger partial charge in [-0.25, -0.2) is 0 Å². The van der Waals surface area contributed by atoms with E-state index in [1.807, 2.05) is 0 Å². The molecule has 1 aliphatic rings. The molecule has 3 heteroatoms. The van der Waals surface area contributed by atoms with Gasteiger partial charge in [-0.05, 0) is 5.57 Å². The summed E-state index contributed by atoms with van der Waals surface area (Å²) in [6, 6.07) is 0. The Morgan fingerprint density at radius 3 is 2.67 bits per heavy atom. The minimum atomic E-state index is -0.669. The monoisotopic (exact) mass is 170 g/mol. The Balaban J connectivity index is 2.88. The highest BCUT2D eigenvalue weighted by Gasteiger charge is 2.30. The Hall–Kier alpha value is -0.640. The normalized spacial score (nSPS) is 35.0. The quantitative estimate of drug-likeness (QED) is 0.539. The lowest BCUT2D eigenvalue weighted by atomic mass is 9.80. The predicted octanol–water partition coefficient (Wildman–Crippen LogP) is -0.166. The first-order valence-electron chi connectivity index (χ1n) is 3.92. The molecule has 1 aliphatic carbocycles. The first-order valence-corrected chi connectivity index (χ1v) is 3.92. The van der Waals surface area contributed by atoms with Crippen LogP contribution in [0.5, 0.6) is 0 Å². The third kappa shape index (κ3) is 1.58. The molecular formula is C9H14O3. The molecule has 0 bridgehead atoms. The Kier molecular flexibility index (Phi) is 2.67. The molecule has 3 N–H and O–H groups in total. The van der Waals surface area contributed by atoms with Crippen LogP contribution in [0.1, 0.15) is 6.92 Å². The van der Waals surface area contributed by atoms with Gasteiger partial charge in [0.15, 0.2) is 0 Å². The van der Waals surface area contributed by atoms with Gasteiger partial charge in [-0.1, -0.05) is 25.2 Å². The molecular weight excluding hydrogens is 156 g/mol. The van der Waals surface area contributed by atoms with Crippen molar-refractivity contribution in [1.29, 1.82) is 0 Å². The van der Waals surface area contributed by atoms with Gasteiger partial charge in [-0.2, -0.15) is 0 Å². The van der Waals surface area contributed by atoms with Gasteiger partial charge in [-0.15, -0.1) is 0 Å². The molecule has 0 aromatic carbocycles. The van der Waals surface area contributed by atoms with Gasteiger partial charge >= 0.3 is 0 Å². The minimum Gasteiger partial charge on any atom is -0.395 e. The lowest BCUT2D eigenvalue weighted by Gasteiger charge is -2.30. The lowest BCUT2D eigenvalue weighted by Crippen LogP contribution is -2.34. The molecule has 0 fully saturated rings. The number of hydrogen-bond donors (Lipinski definition) is 3. The fraction of sp³-hybridized carbons (Fsp3) is 0.556. The second-order valence-corrected chi connectivity index (χ2v) is 3.35. The molecule has 0 saturated heterocycles. The van der Waals surface area contributed by atoms with Crippen LogP contribution < -0.4 is 0 Å². The summed E-state index contributed by atoms with van der Waals surface area (Å²) >= 11 is 0. The van der Waals surface area contributed by atoms with E-state index < -0.39 is 11.5 Å². The lowest BCUT2D eigenvalue weighted by molar-refractivity contribution is 0.0566. The summed E-state index contributed by atoms with van der Waals surface area (Å²) in [5.41, 5.74) is 0.0872. The summed E-state index contributed by atoms with van der Waals surface area (Å²) in [6.07, 6.45) is 4.29. The van der Waals surface area contributed by atoms with Crippen LogP contribution in [0, 0.1) is 5.41 Å². The van der Waals surface area contributed by atoms with Crippen LogP contribution in [0.25, 0.3) is 0 Å². The van der Waals surface area contributed by atoms with Gasteiger partial charge in [0.25, 0.3) is 0 Å². The van der Waals surface area contributed by atoms with Gasteiger partial charge in [0.1, 0.15) is 0 Å². The first-order chi connectivity index (χ1) is 5.62. The largest absolute Gasteiger partial charge is 0.395 e. The fourth-order valence-electron chi connectivity index (χ4n) is 1.23. The summed E-state index contributed by atoms with van der Waals surface area (Å²) in [5.74, 6) is 0. The van der Waals surface area contributed by atoms with E-state index in [9.17, 15) is 5.11 Å². The third-order valence-corrected chi connectivity index (χ3v) is 2.21. The standard InChI is InChI=1S/C9H14O3/c1-9(6-11)4-7(5-10)2-3-8(9)12/h2-4,8,10-12H,5-6H2,1H3. The maximum Gasteiger partial charge on any atom is 0.0834 e. The smallest absolute Gasteiger partial charge is 0.0834 e. The average Bonchev–Trinajstić information content (AvgIpc) is 2.10. The molecule has 0 saturated carbocycles. The van der Waals surface area contributed by atoms with Gasteiger partial charge < -0.3 is 15.3 Å². The molecule has 0 aromatic rings. The predicted molar refractivity (Wildman–Crippen MR) is 45.5 cm³/mol. The van der Waals surface area contributed by atoms with Crippen LogP contribution in [0.4, 0.5) is 0 Å². The van der Waals surface area contributed by atoms with Crippen LogP contribution >= 0.6 is 0 Å². The second-order valence-electron chi connectivity index (χ2n) is 3.35. The third-order valence-electron chi connectivity index (χ3n) is 2.21. The maximum absolute atomic E-state index is 9.47. The van der Waals surface area contributed by atoms with Crippen molar-refractivity contribution in [2.45, 2.75) is 13.0 Å². The first kappa shape index (κ1) is 9.45. The van der Waals surface area contributed by atoms with Crippen molar-refractivity contribution in [2.75, 3.05) is 13.2 Å². The molecule has 0 spiro atoms. The minimum absolute atomic E-state index is 0.0567. The molecule has 0 aromatic heterocycles. The molecule has 0 aliphatic heterocycles. The van der Waals surface area contributed by atoms with Crippen LogP contribution in [-0.4, -0.2) is 34.6 Å². The van der Waals surface area contributed by atoms with Crippen molar-refractivity contribution < 1.29 is 15.3 Å². The zero-order valence-corrected chi connectivity index (χ0v) is 7.07. The van der Waals surface area contributed by atoms with E-state index in [-0.39, 0.29) is 13.2 Å². The van der Waals surface area contributed by atoms with Crippen molar-refractivity contribution in [3.63, 3.8) is 0 Å². The van der Waals surface area contributed by atoms with Crippen molar-refractivity contribution in [2.24, 2.45) is 5.41 Å². The van der Waals surface area contributed by atoms with Crippen LogP contribution in [0.15, 0.2) is 23.8 Å². The summed E-state index contributed by atoms with van der Waals surface area (Å²) in [4.78, 5) is 0. The zero-order valence-electron chi connectivity index (χ0n) is 7.07. The number of hydrogen-bond acceptors (Lipinski definition) is 3. The fourth-order valence-corrected chi connectivity index (χ4v) is 1.23. The highest BCUT2D eigenvalue weighted by Crippen LogP contribution is 2.29. The SMILES string of the molecule is CC1(CO)C=C(CO)C=CC1O. The molecule has 3 nitrogen and oxygen atoms in total. The van der Waals surface area contributed by atoms with Crippen molar-refractivity contribution in [3.8, 4) is 0 Å². The van der Waals surface area contributed by atoms with Crippen LogP contribution in [-0.2, 0) is 0 Å². The molecule has 0 heterocycles. The Morgan fingerprint density at radius 1 is 1.50 bits per heavy atom. The van der Waals surface area contributed by atoms with Crippen LogP contribution in [0.3, 0.4) is 0 Å². The van der Waals surface area contributed by atoms with E-state index >= 15 is 0 Å². The zero-order chi connectivity index (χ0) is 9.19. The molecule has 2 atom stereocenters. The molecule has 0 amide bonds. The average molecular weight is 170 g/mol. The second kappa shape index (κ2) is 3.39. The van der Waals surface area contributed by atoms with E-state index in [2.05, 4.69) is 0 Å². The van der Waals surface area contributed by atoms with Crippen molar-refractivity contribution in [3.05, 3.63) is 23.8 Å². The van der Waals surface area contributed by atoms with Gasteiger partial charge in [0.05, 0.1) is 19.3 Å². The molecule has 1 rings (SSSR count). The summed E-state index contributed by atoms with van der Waals surface area (Å²) in [5, 5.41) is 27.3. The summed E-state index contributed by atoms with van der Waals surface area (Å²) in [6.45, 7) is 1.57. The highest BCUT2D eigenvalue weighted by molar-refractivity contribution is 5.29. The van der Waals surface area contributed by atoms with E-state index in [0.29, 0.717) is 0 Å². The molecule has 2 unspecified atom stereocenters. The molecule has 0 radical (unpaired) electrons. The van der Waals surface area contributed by atoms with Crippen LogP contribution in [0.2, 0.25) is 0 Å². The topological polar surface area (TPSA) is 60.7 Å². The summed E-state index contributed by atoms with van der Waals surface area (Å²) in [7, 11) is 0. The van der Waals surface area contributed by atoms with Crippen molar-refractivity contribution >= 4 is 0 Å². The number of aliphatic hydroxyl groups excluding tert-OH is 3. The number of rotatable bonds is 2. The van der Waals surface area contributed by atoms with E-state index in [1.165, 1.54) is 0 Å². The Labute approximate surface area is 71.7 Å². The molecule has 68 valence electrons. The van der Waals surface area contributed by atoms with Gasteiger partial charge in [0, 0.05) is 5.41 Å². The van der Waals surface area contributed by atoms with E-state index in [4.69, 9.17) is 10.2 Å². The Morgan fingerprint density at radius 2 is 2.17 bits per heavy atom. The Bertz CT molecular complexity index is 220. The van der Waals surface area contributed by atoms with E-state index in [1.54, 1.807) is 25.2 Å². The summed E-state index contributed by atoms with van der Waals surface area (Å²) < 4.78 is 0. The van der Waals surface area contributed by atoms with Gasteiger partial charge in [-0.3, -0.25) is 0 Å². The van der Waals surface area contributed by atoms with Gasteiger partial charge in [0.2, 0.25) is 0 Å². The van der Waals surface area contributed by atoms with Crippen molar-refractivity contribution in [1.82, 2.24) is 0 Å². The highest BCUT2D eigenvalue weighted by atomic mass is 16.3. The maximum atomic E-state index is 9.47. The van der Waals surface area contributed by atoms with E-state index in [0.717, 1.165) is 5.57 Å².